The molecule has 0 saturated carbocycles. The molecule has 3 aliphatic heterocycles. The molecule has 2 aromatic heterocycles. The van der Waals surface area contributed by atoms with Crippen molar-refractivity contribution in [2.45, 2.75) is 38.6 Å². The normalized spacial score (nSPS) is 20.1. The lowest BCUT2D eigenvalue weighted by molar-refractivity contribution is -0.144. The van der Waals surface area contributed by atoms with E-state index >= 15 is 4.39 Å². The van der Waals surface area contributed by atoms with Gasteiger partial charge in [-0.15, -0.1) is 0 Å². The molecule has 0 unspecified atom stereocenters. The molecule has 5 heterocycles. The van der Waals surface area contributed by atoms with Crippen LogP contribution in [0.3, 0.4) is 0 Å². The van der Waals surface area contributed by atoms with Gasteiger partial charge in [0.25, 0.3) is 5.91 Å². The first-order valence-corrected chi connectivity index (χ1v) is 15.2. The average molecular weight is 582 g/mol. The van der Waals surface area contributed by atoms with Gasteiger partial charge >= 0.3 is 5.97 Å². The first-order chi connectivity index (χ1) is 20.9. The Hall–Kier alpha value is -4.40. The van der Waals surface area contributed by atoms with Crippen molar-refractivity contribution < 1.29 is 18.7 Å². The zero-order valence-corrected chi connectivity index (χ0v) is 24.6. The number of pyridine rings is 1. The fourth-order valence-electron chi connectivity index (χ4n) is 7.00. The molecular weight excluding hydrogens is 545 g/mol. The number of imidazole rings is 1. The number of benzene rings is 2. The molecule has 1 amide bonds. The lowest BCUT2D eigenvalue weighted by Gasteiger charge is -2.35. The third-order valence-corrected chi connectivity index (χ3v) is 9.40. The van der Waals surface area contributed by atoms with E-state index in [4.69, 9.17) is 9.72 Å². The molecule has 0 bridgehead atoms. The van der Waals surface area contributed by atoms with Crippen molar-refractivity contribution in [1.82, 2.24) is 14.3 Å². The molecule has 2 aromatic carbocycles. The van der Waals surface area contributed by atoms with Crippen molar-refractivity contribution in [2.24, 2.45) is 5.92 Å². The number of esters is 1. The van der Waals surface area contributed by atoms with Crippen LogP contribution in [0.2, 0.25) is 0 Å². The van der Waals surface area contributed by atoms with Gasteiger partial charge in [-0.25, -0.2) is 9.37 Å². The highest BCUT2D eigenvalue weighted by atomic mass is 19.1. The number of carbonyl (C=O) groups excluding carboxylic acids is 2. The van der Waals surface area contributed by atoms with Gasteiger partial charge in [0.2, 0.25) is 0 Å². The van der Waals surface area contributed by atoms with Crippen molar-refractivity contribution in [3.63, 3.8) is 0 Å². The number of nitrogens with zero attached hydrogens (tertiary/aromatic N) is 5. The standard InChI is InChI=1S/C34H36FN5O3/c1-22-27-8-4-3-7-23(27)12-16-40(22)33(41)25-17-31(37-13-5-6-14-37)32-36-30(21-39(32)20-25)28-10-9-26(18-29(28)35)38-15-11-24(19-38)34(42)43-2/h3-4,7-10,17-18,20-22,24H,5-6,11-16,19H2,1-2H3/t22-,24+/m1/s1. The molecule has 9 heteroatoms. The van der Waals surface area contributed by atoms with E-state index in [1.54, 1.807) is 6.07 Å². The number of carbonyl (C=O) groups is 2. The Kier molecular flexibility index (Phi) is 7.03. The molecule has 2 saturated heterocycles. The van der Waals surface area contributed by atoms with Crippen LogP contribution in [0.1, 0.15) is 53.7 Å². The minimum atomic E-state index is -0.373. The van der Waals surface area contributed by atoms with E-state index in [1.165, 1.54) is 24.3 Å². The van der Waals surface area contributed by atoms with Crippen LogP contribution in [-0.4, -0.2) is 66.0 Å². The van der Waals surface area contributed by atoms with Crippen molar-refractivity contribution in [3.8, 4) is 11.3 Å². The van der Waals surface area contributed by atoms with Gasteiger partial charge in [0.05, 0.1) is 36.0 Å². The SMILES string of the molecule is COC(=O)[C@H]1CCN(c2ccc(-c3cn4cc(C(=O)N5CCc6ccccc6[C@H]5C)cc(N5CCCC5)c4n3)c(F)c2)C1. The lowest BCUT2D eigenvalue weighted by Crippen LogP contribution is -2.39. The Balaban J connectivity index is 1.22. The predicted octanol–water partition coefficient (Wildman–Crippen LogP) is 5.50. The van der Waals surface area contributed by atoms with Crippen LogP contribution in [0.15, 0.2) is 60.9 Å². The number of amides is 1. The fraction of sp³-hybridized carbons (Fsp3) is 0.382. The Morgan fingerprint density at radius 2 is 1.79 bits per heavy atom. The Morgan fingerprint density at radius 1 is 0.977 bits per heavy atom. The second-order valence-corrected chi connectivity index (χ2v) is 11.9. The number of hydrogen-bond donors (Lipinski definition) is 0. The van der Waals surface area contributed by atoms with E-state index in [2.05, 4.69) is 30.0 Å². The summed E-state index contributed by atoms with van der Waals surface area (Å²) in [6.07, 6.45) is 7.35. The highest BCUT2D eigenvalue weighted by molar-refractivity contribution is 5.97. The minimum Gasteiger partial charge on any atom is -0.469 e. The van der Waals surface area contributed by atoms with Crippen molar-refractivity contribution in [1.29, 1.82) is 0 Å². The van der Waals surface area contributed by atoms with Gasteiger partial charge in [0, 0.05) is 56.4 Å². The Morgan fingerprint density at radius 3 is 2.58 bits per heavy atom. The highest BCUT2D eigenvalue weighted by Crippen LogP contribution is 2.35. The average Bonchev–Trinajstić information content (AvgIpc) is 3.81. The topological polar surface area (TPSA) is 70.4 Å². The van der Waals surface area contributed by atoms with Crippen LogP contribution in [0.5, 0.6) is 0 Å². The van der Waals surface area contributed by atoms with Crippen LogP contribution in [0, 0.1) is 11.7 Å². The molecule has 0 aliphatic carbocycles. The molecule has 4 aromatic rings. The third kappa shape index (κ3) is 4.90. The zero-order valence-electron chi connectivity index (χ0n) is 24.6. The number of methoxy groups -OCH3 is 1. The van der Waals surface area contributed by atoms with E-state index in [1.807, 2.05) is 44.8 Å². The van der Waals surface area contributed by atoms with Crippen LogP contribution >= 0.6 is 0 Å². The summed E-state index contributed by atoms with van der Waals surface area (Å²) in [6.45, 7) is 5.73. The number of ether oxygens (including phenoxy) is 1. The summed E-state index contributed by atoms with van der Waals surface area (Å²) in [5, 5.41) is 0. The van der Waals surface area contributed by atoms with Crippen LogP contribution < -0.4 is 9.80 Å². The quantitative estimate of drug-likeness (QED) is 0.290. The molecule has 2 atom stereocenters. The largest absolute Gasteiger partial charge is 0.469 e. The zero-order chi connectivity index (χ0) is 29.7. The maximum Gasteiger partial charge on any atom is 0.310 e. The predicted molar refractivity (Wildman–Crippen MR) is 164 cm³/mol. The molecule has 0 N–H and O–H groups in total. The summed E-state index contributed by atoms with van der Waals surface area (Å²) < 4.78 is 22.4. The third-order valence-electron chi connectivity index (χ3n) is 9.40. The molecule has 8 nitrogen and oxygen atoms in total. The monoisotopic (exact) mass is 581 g/mol. The molecule has 7 rings (SSSR count). The molecular formula is C34H36FN5O3. The summed E-state index contributed by atoms with van der Waals surface area (Å²) in [6, 6.07) is 15.5. The van der Waals surface area contributed by atoms with Crippen LogP contribution in [0.4, 0.5) is 15.8 Å². The molecule has 2 fully saturated rings. The van der Waals surface area contributed by atoms with Gasteiger partial charge in [-0.3, -0.25) is 9.59 Å². The van der Waals surface area contributed by atoms with Gasteiger partial charge in [-0.05, 0) is 68.0 Å². The Labute approximate surface area is 250 Å². The first kappa shape index (κ1) is 27.4. The van der Waals surface area contributed by atoms with E-state index < -0.39 is 0 Å². The second-order valence-electron chi connectivity index (χ2n) is 11.9. The van der Waals surface area contributed by atoms with E-state index in [0.717, 1.165) is 49.4 Å². The molecule has 222 valence electrons. The molecule has 43 heavy (non-hydrogen) atoms. The fourth-order valence-corrected chi connectivity index (χ4v) is 7.00. The first-order valence-electron chi connectivity index (χ1n) is 15.2. The van der Waals surface area contributed by atoms with Gasteiger partial charge < -0.3 is 23.8 Å². The number of anilines is 2. The summed E-state index contributed by atoms with van der Waals surface area (Å²) in [7, 11) is 1.40. The Bertz CT molecular complexity index is 1710. The number of aromatic nitrogens is 2. The van der Waals surface area contributed by atoms with Crippen LogP contribution in [-0.2, 0) is 16.0 Å². The molecule has 0 spiro atoms. The number of halogens is 1. The molecule has 3 aliphatic rings. The summed E-state index contributed by atoms with van der Waals surface area (Å²) in [5.74, 6) is -0.807. The lowest BCUT2D eigenvalue weighted by atomic mass is 9.93. The van der Waals surface area contributed by atoms with Crippen LogP contribution in [0.25, 0.3) is 16.9 Å². The van der Waals surface area contributed by atoms with Crippen molar-refractivity contribution >= 4 is 28.9 Å². The van der Waals surface area contributed by atoms with Crippen molar-refractivity contribution in [2.75, 3.05) is 49.6 Å². The summed E-state index contributed by atoms with van der Waals surface area (Å²) in [5.41, 5.74) is 6.38. The number of hydrogen-bond acceptors (Lipinski definition) is 6. The number of fused-ring (bicyclic) bond motifs is 2. The maximum absolute atomic E-state index is 15.6. The van der Waals surface area contributed by atoms with Gasteiger partial charge in [0.15, 0.2) is 5.65 Å². The maximum atomic E-state index is 15.6. The highest BCUT2D eigenvalue weighted by Gasteiger charge is 2.31. The summed E-state index contributed by atoms with van der Waals surface area (Å²) >= 11 is 0. The van der Waals surface area contributed by atoms with Gasteiger partial charge in [0.1, 0.15) is 5.82 Å². The van der Waals surface area contributed by atoms with Crippen molar-refractivity contribution in [3.05, 3.63) is 83.4 Å². The van der Waals surface area contributed by atoms with Gasteiger partial charge in [-0.2, -0.15) is 0 Å². The smallest absolute Gasteiger partial charge is 0.310 e. The number of rotatable bonds is 5. The van der Waals surface area contributed by atoms with Gasteiger partial charge in [-0.1, -0.05) is 24.3 Å². The minimum absolute atomic E-state index is 0.00833. The second kappa shape index (κ2) is 11.0. The summed E-state index contributed by atoms with van der Waals surface area (Å²) in [4.78, 5) is 37.1. The molecule has 0 radical (unpaired) electrons. The van der Waals surface area contributed by atoms with E-state index in [9.17, 15) is 9.59 Å². The van der Waals surface area contributed by atoms with E-state index in [0.29, 0.717) is 42.9 Å². The van der Waals surface area contributed by atoms with E-state index in [-0.39, 0.29) is 29.7 Å².